The number of hydrogen-bond acceptors (Lipinski definition) is 1. The van der Waals surface area contributed by atoms with Gasteiger partial charge >= 0.3 is 0 Å². The van der Waals surface area contributed by atoms with Crippen molar-refractivity contribution in [2.75, 3.05) is 5.75 Å². The molecule has 2 unspecified atom stereocenters. The SMILES string of the molecule is CCC(Cl)CCCC1CSc2ccccc21. The normalized spacial score (nSPS) is 20.8. The van der Waals surface area contributed by atoms with Crippen molar-refractivity contribution in [2.45, 2.75) is 48.8 Å². The fourth-order valence-electron chi connectivity index (χ4n) is 2.26. The highest BCUT2D eigenvalue weighted by Gasteiger charge is 2.22. The molecule has 0 N–H and O–H groups in total. The molecular weight excluding hydrogens is 236 g/mol. The molecule has 0 spiro atoms. The van der Waals surface area contributed by atoms with E-state index in [0.29, 0.717) is 5.38 Å². The molecule has 88 valence electrons. The van der Waals surface area contributed by atoms with Gasteiger partial charge in [-0.25, -0.2) is 0 Å². The van der Waals surface area contributed by atoms with Gasteiger partial charge in [0.2, 0.25) is 0 Å². The highest BCUT2D eigenvalue weighted by Crippen LogP contribution is 2.41. The Balaban J connectivity index is 1.84. The van der Waals surface area contributed by atoms with Gasteiger partial charge in [0, 0.05) is 16.0 Å². The highest BCUT2D eigenvalue weighted by atomic mass is 35.5. The molecule has 1 aromatic rings. The Bertz CT molecular complexity index is 337. The van der Waals surface area contributed by atoms with E-state index in [2.05, 4.69) is 31.2 Å². The Morgan fingerprint density at radius 3 is 3.06 bits per heavy atom. The van der Waals surface area contributed by atoms with Crippen LogP contribution in [0.4, 0.5) is 0 Å². The molecular formula is C14H19ClS. The van der Waals surface area contributed by atoms with Gasteiger partial charge in [0.15, 0.2) is 0 Å². The first-order valence-electron chi connectivity index (χ1n) is 6.17. The van der Waals surface area contributed by atoms with Crippen molar-refractivity contribution in [3.05, 3.63) is 29.8 Å². The minimum Gasteiger partial charge on any atom is -0.125 e. The van der Waals surface area contributed by atoms with Gasteiger partial charge in [-0.1, -0.05) is 31.5 Å². The summed E-state index contributed by atoms with van der Waals surface area (Å²) >= 11 is 8.15. The average molecular weight is 255 g/mol. The Labute approximate surface area is 108 Å². The van der Waals surface area contributed by atoms with E-state index in [-0.39, 0.29) is 0 Å². The van der Waals surface area contributed by atoms with E-state index in [4.69, 9.17) is 11.6 Å². The van der Waals surface area contributed by atoms with Crippen LogP contribution in [0.25, 0.3) is 0 Å². The fourth-order valence-corrected chi connectivity index (χ4v) is 3.72. The molecule has 1 heterocycles. The first-order valence-corrected chi connectivity index (χ1v) is 7.59. The zero-order valence-electron chi connectivity index (χ0n) is 9.79. The Morgan fingerprint density at radius 1 is 1.44 bits per heavy atom. The molecule has 0 radical (unpaired) electrons. The van der Waals surface area contributed by atoms with Gasteiger partial charge in [-0.3, -0.25) is 0 Å². The third-order valence-electron chi connectivity index (χ3n) is 3.31. The van der Waals surface area contributed by atoms with Crippen molar-refractivity contribution in [2.24, 2.45) is 0 Å². The summed E-state index contributed by atoms with van der Waals surface area (Å²) in [5.41, 5.74) is 1.56. The predicted octanol–water partition coefficient (Wildman–Crippen LogP) is 5.06. The van der Waals surface area contributed by atoms with Gasteiger partial charge in [0.25, 0.3) is 0 Å². The summed E-state index contributed by atoms with van der Waals surface area (Å²) in [5.74, 6) is 2.03. The summed E-state index contributed by atoms with van der Waals surface area (Å²) in [4.78, 5) is 1.49. The van der Waals surface area contributed by atoms with Crippen LogP contribution in [-0.4, -0.2) is 11.1 Å². The smallest absolute Gasteiger partial charge is 0.0333 e. The second-order valence-corrected chi connectivity index (χ2v) is 6.16. The third-order valence-corrected chi connectivity index (χ3v) is 5.09. The highest BCUT2D eigenvalue weighted by molar-refractivity contribution is 7.99. The number of benzene rings is 1. The van der Waals surface area contributed by atoms with Crippen molar-refractivity contribution in [1.82, 2.24) is 0 Å². The molecule has 0 nitrogen and oxygen atoms in total. The standard InChI is InChI=1S/C14H19ClS/c1-2-12(15)7-5-6-11-10-16-14-9-4-3-8-13(11)14/h3-4,8-9,11-12H,2,5-7,10H2,1H3. The third kappa shape index (κ3) is 2.95. The molecule has 0 saturated carbocycles. The van der Waals surface area contributed by atoms with E-state index in [9.17, 15) is 0 Å². The zero-order chi connectivity index (χ0) is 11.4. The molecule has 0 amide bonds. The Kier molecular flexibility index (Phi) is 4.60. The molecule has 2 heteroatoms. The van der Waals surface area contributed by atoms with E-state index in [0.717, 1.165) is 12.3 Å². The molecule has 0 aromatic heterocycles. The molecule has 2 atom stereocenters. The lowest BCUT2D eigenvalue weighted by atomic mass is 9.95. The maximum absolute atomic E-state index is 6.15. The molecule has 0 saturated heterocycles. The number of rotatable bonds is 5. The van der Waals surface area contributed by atoms with Crippen LogP contribution in [0.5, 0.6) is 0 Å². The van der Waals surface area contributed by atoms with Gasteiger partial charge in [-0.2, -0.15) is 0 Å². The minimum absolute atomic E-state index is 0.379. The van der Waals surface area contributed by atoms with Crippen LogP contribution in [0.3, 0.4) is 0 Å². The lowest BCUT2D eigenvalue weighted by Gasteiger charge is -2.11. The van der Waals surface area contributed by atoms with E-state index in [1.807, 2.05) is 11.8 Å². The zero-order valence-corrected chi connectivity index (χ0v) is 11.4. The van der Waals surface area contributed by atoms with Crippen LogP contribution >= 0.6 is 23.4 Å². The maximum atomic E-state index is 6.15. The monoisotopic (exact) mass is 254 g/mol. The number of hydrogen-bond donors (Lipinski definition) is 0. The predicted molar refractivity (Wildman–Crippen MR) is 73.7 cm³/mol. The van der Waals surface area contributed by atoms with Crippen LogP contribution < -0.4 is 0 Å². The second-order valence-electron chi connectivity index (χ2n) is 4.48. The van der Waals surface area contributed by atoms with Gasteiger partial charge < -0.3 is 0 Å². The van der Waals surface area contributed by atoms with Crippen molar-refractivity contribution >= 4 is 23.4 Å². The van der Waals surface area contributed by atoms with Crippen LogP contribution in [0.1, 0.15) is 44.1 Å². The molecule has 1 aliphatic rings. The van der Waals surface area contributed by atoms with Crippen LogP contribution in [0.15, 0.2) is 29.2 Å². The van der Waals surface area contributed by atoms with Gasteiger partial charge in [-0.15, -0.1) is 23.4 Å². The minimum atomic E-state index is 0.379. The average Bonchev–Trinajstić information content (AvgIpc) is 2.73. The summed E-state index contributed by atoms with van der Waals surface area (Å²) in [5, 5.41) is 0.379. The number of halogens is 1. The molecule has 1 aliphatic heterocycles. The lowest BCUT2D eigenvalue weighted by Crippen LogP contribution is -2.00. The van der Waals surface area contributed by atoms with Gasteiger partial charge in [0.1, 0.15) is 0 Å². The summed E-state index contributed by atoms with van der Waals surface area (Å²) < 4.78 is 0. The molecule has 2 rings (SSSR count). The molecule has 0 bridgehead atoms. The number of thioether (sulfide) groups is 1. The van der Waals surface area contributed by atoms with E-state index < -0.39 is 0 Å². The van der Waals surface area contributed by atoms with E-state index in [1.54, 1.807) is 5.56 Å². The summed E-state index contributed by atoms with van der Waals surface area (Å²) in [6.45, 7) is 2.17. The van der Waals surface area contributed by atoms with Crippen LogP contribution in [0.2, 0.25) is 0 Å². The largest absolute Gasteiger partial charge is 0.125 e. The van der Waals surface area contributed by atoms with E-state index in [1.165, 1.54) is 29.9 Å². The summed E-state index contributed by atoms with van der Waals surface area (Å²) in [6, 6.07) is 8.84. The first-order chi connectivity index (χ1) is 7.81. The topological polar surface area (TPSA) is 0 Å². The second kappa shape index (κ2) is 5.97. The fraction of sp³-hybridized carbons (Fsp3) is 0.571. The van der Waals surface area contributed by atoms with Crippen molar-refractivity contribution < 1.29 is 0 Å². The van der Waals surface area contributed by atoms with Gasteiger partial charge in [0.05, 0.1) is 0 Å². The molecule has 0 fully saturated rings. The van der Waals surface area contributed by atoms with E-state index >= 15 is 0 Å². The van der Waals surface area contributed by atoms with Crippen LogP contribution in [0, 0.1) is 0 Å². The Morgan fingerprint density at radius 2 is 2.25 bits per heavy atom. The first kappa shape index (κ1) is 12.3. The quantitative estimate of drug-likeness (QED) is 0.662. The maximum Gasteiger partial charge on any atom is 0.0333 e. The summed E-state index contributed by atoms with van der Waals surface area (Å²) in [6.07, 6.45) is 4.83. The number of fused-ring (bicyclic) bond motifs is 1. The van der Waals surface area contributed by atoms with Crippen molar-refractivity contribution in [3.8, 4) is 0 Å². The summed E-state index contributed by atoms with van der Waals surface area (Å²) in [7, 11) is 0. The molecule has 0 aliphatic carbocycles. The Hall–Kier alpha value is -0.140. The van der Waals surface area contributed by atoms with Crippen molar-refractivity contribution in [1.29, 1.82) is 0 Å². The lowest BCUT2D eigenvalue weighted by molar-refractivity contribution is 0.589. The molecule has 16 heavy (non-hydrogen) atoms. The van der Waals surface area contributed by atoms with Crippen molar-refractivity contribution in [3.63, 3.8) is 0 Å². The van der Waals surface area contributed by atoms with Gasteiger partial charge in [-0.05, 0) is 36.8 Å². The van der Waals surface area contributed by atoms with Crippen LogP contribution in [-0.2, 0) is 0 Å². The number of alkyl halides is 1. The molecule has 1 aromatic carbocycles.